The summed E-state index contributed by atoms with van der Waals surface area (Å²) in [7, 11) is 3.37. The van der Waals surface area contributed by atoms with E-state index in [1.54, 1.807) is 0 Å². The second kappa shape index (κ2) is 13.1. The maximum absolute atomic E-state index is 12.4. The fourth-order valence-electron chi connectivity index (χ4n) is 4.52. The molecule has 0 atom stereocenters. The van der Waals surface area contributed by atoms with Gasteiger partial charge in [-0.25, -0.2) is 4.79 Å². The van der Waals surface area contributed by atoms with Crippen LogP contribution in [0.2, 0.25) is 0 Å². The van der Waals surface area contributed by atoms with E-state index < -0.39 is 0 Å². The molecule has 7 nitrogen and oxygen atoms in total. The number of nitrogens with zero attached hydrogens (tertiary/aromatic N) is 3. The molecular weight excluding hydrogens is 466 g/mol. The van der Waals surface area contributed by atoms with E-state index >= 15 is 0 Å². The van der Waals surface area contributed by atoms with Crippen molar-refractivity contribution in [2.45, 2.75) is 39.2 Å². The number of hydrogen-bond donors (Lipinski definition) is 0. The van der Waals surface area contributed by atoms with Gasteiger partial charge < -0.3 is 19.1 Å². The predicted octanol–water partition coefficient (Wildman–Crippen LogP) is 5.64. The molecule has 196 valence electrons. The molecule has 0 spiro atoms. The molecule has 2 aromatic carbocycles. The molecule has 0 fully saturated rings. The van der Waals surface area contributed by atoms with Crippen molar-refractivity contribution >= 4 is 17.7 Å². The highest BCUT2D eigenvalue weighted by Crippen LogP contribution is 2.33. The van der Waals surface area contributed by atoms with Crippen LogP contribution in [-0.2, 0) is 27.9 Å². The van der Waals surface area contributed by atoms with Crippen molar-refractivity contribution in [2.75, 3.05) is 38.4 Å². The smallest absolute Gasteiger partial charge is 0.333 e. The van der Waals surface area contributed by atoms with E-state index in [0.717, 1.165) is 72.6 Å². The second-order valence-electron chi connectivity index (χ2n) is 9.32. The van der Waals surface area contributed by atoms with Gasteiger partial charge in [0.15, 0.2) is 0 Å². The van der Waals surface area contributed by atoms with Gasteiger partial charge >= 0.3 is 5.97 Å². The summed E-state index contributed by atoms with van der Waals surface area (Å²) in [6.07, 6.45) is 9.69. The summed E-state index contributed by atoms with van der Waals surface area (Å²) < 4.78 is 18.3. The Morgan fingerprint density at radius 2 is 1.86 bits per heavy atom. The minimum atomic E-state index is -0.266. The number of aryl methyl sites for hydroxylation is 1. The van der Waals surface area contributed by atoms with E-state index in [0.29, 0.717) is 25.2 Å². The van der Waals surface area contributed by atoms with Crippen molar-refractivity contribution in [3.63, 3.8) is 0 Å². The number of methoxy groups -OCH3 is 1. The molecule has 3 aromatic rings. The molecule has 7 heteroatoms. The molecular formula is C30H37N3O4. The van der Waals surface area contributed by atoms with Crippen LogP contribution in [0.25, 0.3) is 17.2 Å². The summed E-state index contributed by atoms with van der Waals surface area (Å²) in [6.45, 7) is 5.66. The van der Waals surface area contributed by atoms with Crippen molar-refractivity contribution in [1.82, 2.24) is 9.78 Å². The Kier molecular flexibility index (Phi) is 9.38. The first-order valence-electron chi connectivity index (χ1n) is 13.0. The minimum Gasteiger partial charge on any atom is -0.491 e. The van der Waals surface area contributed by atoms with E-state index in [1.807, 2.05) is 42.3 Å². The summed E-state index contributed by atoms with van der Waals surface area (Å²) in [5, 5.41) is 4.32. The van der Waals surface area contributed by atoms with Gasteiger partial charge in [0.25, 0.3) is 0 Å². The summed E-state index contributed by atoms with van der Waals surface area (Å²) >= 11 is 0. The van der Waals surface area contributed by atoms with Gasteiger partial charge in [-0.15, -0.1) is 0 Å². The van der Waals surface area contributed by atoms with Crippen LogP contribution in [-0.4, -0.2) is 49.2 Å². The molecule has 1 aliphatic rings. The zero-order valence-electron chi connectivity index (χ0n) is 22.1. The molecule has 0 unspecified atom stereocenters. The van der Waals surface area contributed by atoms with E-state index in [9.17, 15) is 4.79 Å². The van der Waals surface area contributed by atoms with Crippen LogP contribution in [0.1, 0.15) is 43.7 Å². The zero-order valence-corrected chi connectivity index (χ0v) is 22.1. The SMILES string of the molecule is CCCCOCCOc1ccc(-c2ccc3c(c2)/C=C(/C(=O)OC)CCCN3Cc2cnn(C)c2)cc1. The molecule has 0 aliphatic carbocycles. The van der Waals surface area contributed by atoms with E-state index in [1.165, 1.54) is 7.11 Å². The van der Waals surface area contributed by atoms with Crippen LogP contribution in [0.4, 0.5) is 5.69 Å². The Morgan fingerprint density at radius 1 is 1.05 bits per heavy atom. The Labute approximate surface area is 219 Å². The normalized spacial score (nSPS) is 14.8. The average Bonchev–Trinajstić information content (AvgIpc) is 3.32. The molecule has 4 rings (SSSR count). The number of fused-ring (bicyclic) bond motifs is 1. The molecule has 37 heavy (non-hydrogen) atoms. The molecule has 0 N–H and O–H groups in total. The van der Waals surface area contributed by atoms with Gasteiger partial charge in [0, 0.05) is 49.8 Å². The highest BCUT2D eigenvalue weighted by atomic mass is 16.5. The van der Waals surface area contributed by atoms with Crippen molar-refractivity contribution in [2.24, 2.45) is 7.05 Å². The van der Waals surface area contributed by atoms with Crippen LogP contribution in [0.3, 0.4) is 0 Å². The van der Waals surface area contributed by atoms with Gasteiger partial charge in [-0.05, 0) is 66.3 Å². The first-order chi connectivity index (χ1) is 18.1. The van der Waals surface area contributed by atoms with Gasteiger partial charge in [0.1, 0.15) is 12.4 Å². The van der Waals surface area contributed by atoms with E-state index in [2.05, 4.69) is 47.3 Å². The zero-order chi connectivity index (χ0) is 26.0. The third kappa shape index (κ3) is 7.23. The Balaban J connectivity index is 1.55. The third-order valence-electron chi connectivity index (χ3n) is 6.48. The molecule has 0 bridgehead atoms. The molecule has 1 aliphatic heterocycles. The predicted molar refractivity (Wildman–Crippen MR) is 147 cm³/mol. The first-order valence-corrected chi connectivity index (χ1v) is 13.0. The van der Waals surface area contributed by atoms with Gasteiger partial charge in [-0.1, -0.05) is 31.5 Å². The summed E-state index contributed by atoms with van der Waals surface area (Å²) in [5.41, 5.74) is 6.12. The number of unbranched alkanes of at least 4 members (excludes halogenated alkanes) is 1. The topological polar surface area (TPSA) is 65.8 Å². The standard InChI is InChI=1S/C30H37N3O4/c1-4-5-15-36-16-17-37-28-11-8-24(9-12-28)25-10-13-29-27(18-25)19-26(30(34)35-3)7-6-14-33(29)22-23-20-31-32(2)21-23/h8-13,18-21H,4-7,14-17,22H2,1-3H3/b26-19+. The number of aromatic nitrogens is 2. The first kappa shape index (κ1) is 26.5. The quantitative estimate of drug-likeness (QED) is 0.249. The second-order valence-corrected chi connectivity index (χ2v) is 9.32. The monoisotopic (exact) mass is 503 g/mol. The van der Waals surface area contributed by atoms with Gasteiger partial charge in [-0.3, -0.25) is 4.68 Å². The van der Waals surface area contributed by atoms with E-state index in [4.69, 9.17) is 14.2 Å². The summed E-state index contributed by atoms with van der Waals surface area (Å²) in [4.78, 5) is 14.8. The van der Waals surface area contributed by atoms with Crippen molar-refractivity contribution in [1.29, 1.82) is 0 Å². The molecule has 1 aromatic heterocycles. The minimum absolute atomic E-state index is 0.266. The van der Waals surface area contributed by atoms with Crippen LogP contribution in [0, 0.1) is 0 Å². The molecule has 0 saturated heterocycles. The number of esters is 1. The molecule has 2 heterocycles. The lowest BCUT2D eigenvalue weighted by Crippen LogP contribution is -2.26. The number of rotatable bonds is 11. The van der Waals surface area contributed by atoms with Crippen molar-refractivity contribution in [3.05, 3.63) is 71.6 Å². The van der Waals surface area contributed by atoms with Crippen molar-refractivity contribution in [3.8, 4) is 16.9 Å². The number of benzene rings is 2. The molecule has 0 amide bonds. The van der Waals surface area contributed by atoms with Crippen LogP contribution in [0.15, 0.2) is 60.4 Å². The largest absolute Gasteiger partial charge is 0.491 e. The number of carbonyl (C=O) groups is 1. The highest BCUT2D eigenvalue weighted by molar-refractivity contribution is 5.95. The summed E-state index contributed by atoms with van der Waals surface area (Å²) in [6, 6.07) is 14.5. The molecule has 0 saturated carbocycles. The lowest BCUT2D eigenvalue weighted by Gasteiger charge is -2.28. The fourth-order valence-corrected chi connectivity index (χ4v) is 4.52. The Bertz CT molecular complexity index is 1200. The van der Waals surface area contributed by atoms with Crippen LogP contribution < -0.4 is 9.64 Å². The maximum atomic E-state index is 12.4. The number of anilines is 1. The average molecular weight is 504 g/mol. The Hall–Kier alpha value is -3.58. The lowest BCUT2D eigenvalue weighted by atomic mass is 9.96. The lowest BCUT2D eigenvalue weighted by molar-refractivity contribution is -0.136. The summed E-state index contributed by atoms with van der Waals surface area (Å²) in [5.74, 6) is 0.557. The van der Waals surface area contributed by atoms with Gasteiger partial charge in [0.05, 0.1) is 19.9 Å². The Morgan fingerprint density at radius 3 is 2.59 bits per heavy atom. The molecule has 0 radical (unpaired) electrons. The maximum Gasteiger partial charge on any atom is 0.333 e. The number of ether oxygens (including phenoxy) is 3. The van der Waals surface area contributed by atoms with Gasteiger partial charge in [0.2, 0.25) is 0 Å². The third-order valence-corrected chi connectivity index (χ3v) is 6.48. The van der Waals surface area contributed by atoms with Crippen molar-refractivity contribution < 1.29 is 19.0 Å². The number of carbonyl (C=O) groups excluding carboxylic acids is 1. The fraction of sp³-hybridized carbons (Fsp3) is 0.400. The number of hydrogen-bond acceptors (Lipinski definition) is 6. The van der Waals surface area contributed by atoms with Gasteiger partial charge in [-0.2, -0.15) is 5.10 Å². The van der Waals surface area contributed by atoms with Crippen LogP contribution >= 0.6 is 0 Å². The van der Waals surface area contributed by atoms with E-state index in [-0.39, 0.29) is 5.97 Å². The van der Waals surface area contributed by atoms with Crippen LogP contribution in [0.5, 0.6) is 5.75 Å². The highest BCUT2D eigenvalue weighted by Gasteiger charge is 2.19.